The van der Waals surface area contributed by atoms with Crippen LogP contribution >= 0.6 is 0 Å². The van der Waals surface area contributed by atoms with E-state index >= 15 is 0 Å². The smallest absolute Gasteiger partial charge is 0.0587 e. The monoisotopic (exact) mass is 225 g/mol. The Balaban J connectivity index is 3.01. The van der Waals surface area contributed by atoms with Gasteiger partial charge in [-0.25, -0.2) is 0 Å². The summed E-state index contributed by atoms with van der Waals surface area (Å²) in [5.41, 5.74) is 0. The molecule has 2 nitrogen and oxygen atoms in total. The van der Waals surface area contributed by atoms with Crippen LogP contribution in [0.25, 0.3) is 0 Å². The van der Waals surface area contributed by atoms with E-state index in [1.54, 1.807) is 7.11 Å². The molecule has 0 spiro atoms. The fourth-order valence-corrected chi connectivity index (χ4v) is 1.45. The van der Waals surface area contributed by atoms with Gasteiger partial charge in [-0.15, -0.1) is 6.58 Å². The summed E-state index contributed by atoms with van der Waals surface area (Å²) in [7, 11) is 1.73. The average Bonchev–Trinajstić information content (AvgIpc) is 2.31. The van der Waals surface area contributed by atoms with Crippen LogP contribution in [0.2, 0.25) is 0 Å². The van der Waals surface area contributed by atoms with E-state index in [-0.39, 0.29) is 0 Å². The molecule has 0 aliphatic heterocycles. The topological polar surface area (TPSA) is 21.3 Å². The summed E-state index contributed by atoms with van der Waals surface area (Å²) in [6.45, 7) is 6.52. The summed E-state index contributed by atoms with van der Waals surface area (Å²) >= 11 is 0. The van der Waals surface area contributed by atoms with Gasteiger partial charge >= 0.3 is 0 Å². The molecule has 0 amide bonds. The quantitative estimate of drug-likeness (QED) is 0.406. The first-order chi connectivity index (χ1) is 7.91. The van der Waals surface area contributed by atoms with Crippen LogP contribution in [0.4, 0.5) is 0 Å². The minimum absolute atomic E-state index is 0.799. The van der Waals surface area contributed by atoms with Crippen LogP contribution in [0.1, 0.15) is 38.5 Å². The molecule has 0 saturated heterocycles. The molecule has 0 rings (SSSR count). The van der Waals surface area contributed by atoms with Crippen molar-refractivity contribution in [2.45, 2.75) is 38.5 Å². The lowest BCUT2D eigenvalue weighted by atomic mass is 10.1. The Labute approximate surface area is 101 Å². The zero-order valence-corrected chi connectivity index (χ0v) is 10.7. The standard InChI is InChI=1S/C14H27NO/c1-3-4-5-6-7-8-9-10-11-12-15-13-14-16-2/h3,9-10,15H,1,4-8,11-14H2,2H3/b10-9+. The molecule has 0 unspecified atom stereocenters. The molecule has 0 aromatic carbocycles. The first-order valence-corrected chi connectivity index (χ1v) is 6.37. The van der Waals surface area contributed by atoms with Crippen molar-refractivity contribution in [1.29, 1.82) is 0 Å². The Hall–Kier alpha value is -0.600. The molecule has 16 heavy (non-hydrogen) atoms. The van der Waals surface area contributed by atoms with Crippen molar-refractivity contribution in [3.8, 4) is 0 Å². The minimum Gasteiger partial charge on any atom is -0.383 e. The highest BCUT2D eigenvalue weighted by molar-refractivity contribution is 4.82. The molecule has 0 saturated carbocycles. The highest BCUT2D eigenvalue weighted by atomic mass is 16.5. The van der Waals surface area contributed by atoms with Gasteiger partial charge in [-0.1, -0.05) is 24.6 Å². The number of hydrogen-bond donors (Lipinski definition) is 1. The van der Waals surface area contributed by atoms with Crippen molar-refractivity contribution >= 4 is 0 Å². The van der Waals surface area contributed by atoms with E-state index in [0.29, 0.717) is 0 Å². The second-order valence-electron chi connectivity index (χ2n) is 3.93. The lowest BCUT2D eigenvalue weighted by Gasteiger charge is -2.00. The molecular weight excluding hydrogens is 198 g/mol. The van der Waals surface area contributed by atoms with Gasteiger partial charge in [0, 0.05) is 13.7 Å². The Bertz CT molecular complexity index is 166. The molecule has 1 N–H and O–H groups in total. The van der Waals surface area contributed by atoms with Gasteiger partial charge in [0.15, 0.2) is 0 Å². The molecule has 0 atom stereocenters. The maximum Gasteiger partial charge on any atom is 0.0587 e. The molecule has 0 heterocycles. The largest absolute Gasteiger partial charge is 0.383 e. The molecule has 0 fully saturated rings. The van der Waals surface area contributed by atoms with Crippen LogP contribution in [-0.2, 0) is 4.74 Å². The molecule has 0 radical (unpaired) electrons. The minimum atomic E-state index is 0.799. The fourth-order valence-electron chi connectivity index (χ4n) is 1.45. The van der Waals surface area contributed by atoms with E-state index < -0.39 is 0 Å². The van der Waals surface area contributed by atoms with Crippen LogP contribution in [-0.4, -0.2) is 26.8 Å². The predicted octanol–water partition coefficient (Wildman–Crippen LogP) is 3.31. The third-order valence-corrected chi connectivity index (χ3v) is 2.42. The zero-order chi connectivity index (χ0) is 11.9. The number of methoxy groups -OCH3 is 1. The number of allylic oxidation sites excluding steroid dienone is 2. The molecule has 0 aromatic rings. The molecule has 0 bridgehead atoms. The van der Waals surface area contributed by atoms with Crippen molar-refractivity contribution in [1.82, 2.24) is 5.32 Å². The SMILES string of the molecule is C=CCCCCC/C=C/CCNCCOC. The lowest BCUT2D eigenvalue weighted by Crippen LogP contribution is -2.19. The van der Waals surface area contributed by atoms with E-state index in [2.05, 4.69) is 24.0 Å². The molecule has 94 valence electrons. The first kappa shape index (κ1) is 15.4. The second kappa shape index (κ2) is 14.4. The van der Waals surface area contributed by atoms with E-state index in [4.69, 9.17) is 4.74 Å². The van der Waals surface area contributed by atoms with Gasteiger partial charge in [-0.2, -0.15) is 0 Å². The van der Waals surface area contributed by atoms with Crippen molar-refractivity contribution in [2.24, 2.45) is 0 Å². The molecule has 0 aliphatic rings. The molecule has 0 aromatic heterocycles. The summed E-state index contributed by atoms with van der Waals surface area (Å²) in [5, 5.41) is 3.32. The van der Waals surface area contributed by atoms with Gasteiger partial charge in [0.25, 0.3) is 0 Å². The maximum atomic E-state index is 4.95. The third-order valence-electron chi connectivity index (χ3n) is 2.42. The van der Waals surface area contributed by atoms with Gasteiger partial charge in [0.05, 0.1) is 6.61 Å². The van der Waals surface area contributed by atoms with E-state index in [0.717, 1.165) is 32.5 Å². The summed E-state index contributed by atoms with van der Waals surface area (Å²) in [5.74, 6) is 0. The highest BCUT2D eigenvalue weighted by Gasteiger charge is 1.86. The summed E-state index contributed by atoms with van der Waals surface area (Å²) in [4.78, 5) is 0. The van der Waals surface area contributed by atoms with Crippen LogP contribution in [0.5, 0.6) is 0 Å². The van der Waals surface area contributed by atoms with E-state index in [9.17, 15) is 0 Å². The van der Waals surface area contributed by atoms with Crippen molar-refractivity contribution < 1.29 is 4.74 Å². The Morgan fingerprint density at radius 2 is 1.75 bits per heavy atom. The Morgan fingerprint density at radius 1 is 1.00 bits per heavy atom. The van der Waals surface area contributed by atoms with Gasteiger partial charge in [-0.3, -0.25) is 0 Å². The molecule has 2 heteroatoms. The lowest BCUT2D eigenvalue weighted by molar-refractivity contribution is 0.199. The van der Waals surface area contributed by atoms with E-state index in [1.165, 1.54) is 25.7 Å². The van der Waals surface area contributed by atoms with Crippen LogP contribution in [0, 0.1) is 0 Å². The second-order valence-corrected chi connectivity index (χ2v) is 3.93. The Morgan fingerprint density at radius 3 is 2.50 bits per heavy atom. The van der Waals surface area contributed by atoms with Gasteiger partial charge in [0.2, 0.25) is 0 Å². The predicted molar refractivity (Wildman–Crippen MR) is 71.8 cm³/mol. The van der Waals surface area contributed by atoms with Crippen LogP contribution < -0.4 is 5.32 Å². The summed E-state index contributed by atoms with van der Waals surface area (Å²) < 4.78 is 4.95. The maximum absolute atomic E-state index is 4.95. The van der Waals surface area contributed by atoms with Gasteiger partial charge < -0.3 is 10.1 Å². The Kier molecular flexibility index (Phi) is 13.9. The van der Waals surface area contributed by atoms with Crippen LogP contribution in [0.3, 0.4) is 0 Å². The summed E-state index contributed by atoms with van der Waals surface area (Å²) in [6.07, 6.45) is 14.0. The van der Waals surface area contributed by atoms with Crippen molar-refractivity contribution in [3.63, 3.8) is 0 Å². The molecule has 0 aliphatic carbocycles. The van der Waals surface area contributed by atoms with Crippen molar-refractivity contribution in [2.75, 3.05) is 26.8 Å². The third kappa shape index (κ3) is 13.4. The normalized spacial score (nSPS) is 11.1. The van der Waals surface area contributed by atoms with Gasteiger partial charge in [-0.05, 0) is 38.6 Å². The number of hydrogen-bond acceptors (Lipinski definition) is 2. The molecular formula is C14H27NO. The number of nitrogens with one attached hydrogen (secondary N) is 1. The van der Waals surface area contributed by atoms with Gasteiger partial charge in [0.1, 0.15) is 0 Å². The zero-order valence-electron chi connectivity index (χ0n) is 10.7. The summed E-state index contributed by atoms with van der Waals surface area (Å²) in [6, 6.07) is 0. The van der Waals surface area contributed by atoms with Crippen molar-refractivity contribution in [3.05, 3.63) is 24.8 Å². The number of unbranched alkanes of at least 4 members (excludes halogenated alkanes) is 4. The van der Waals surface area contributed by atoms with E-state index in [1.807, 2.05) is 6.08 Å². The fraction of sp³-hybridized carbons (Fsp3) is 0.714. The number of rotatable bonds is 12. The average molecular weight is 225 g/mol. The first-order valence-electron chi connectivity index (χ1n) is 6.37. The number of ether oxygens (including phenoxy) is 1. The van der Waals surface area contributed by atoms with Crippen LogP contribution in [0.15, 0.2) is 24.8 Å². The highest BCUT2D eigenvalue weighted by Crippen LogP contribution is 2.03.